The van der Waals surface area contributed by atoms with Crippen LogP contribution in [0.3, 0.4) is 0 Å². The molecule has 2 nitrogen and oxygen atoms in total. The number of rotatable bonds is 3. The van der Waals surface area contributed by atoms with Gasteiger partial charge in [0.25, 0.3) is 0 Å². The van der Waals surface area contributed by atoms with E-state index in [4.69, 9.17) is 0 Å². The van der Waals surface area contributed by atoms with Gasteiger partial charge in [0.05, 0.1) is 0 Å². The van der Waals surface area contributed by atoms with Crippen LogP contribution in [0.15, 0.2) is 30.3 Å². The first kappa shape index (κ1) is 14.4. The van der Waals surface area contributed by atoms with Crippen LogP contribution in [-0.4, -0.2) is 45.7 Å². The van der Waals surface area contributed by atoms with Crippen molar-refractivity contribution in [2.75, 3.05) is 28.2 Å². The van der Waals surface area contributed by atoms with E-state index >= 15 is 0 Å². The maximum atomic E-state index is 2.45. The van der Waals surface area contributed by atoms with Gasteiger partial charge in [0.15, 0.2) is 0 Å². The predicted molar refractivity (Wildman–Crippen MR) is 78.9 cm³/mol. The van der Waals surface area contributed by atoms with Gasteiger partial charge in [0, 0.05) is 0 Å². The molecule has 0 radical (unpaired) electrons. The molecule has 0 amide bonds. The topological polar surface area (TPSA) is 6.48 Å². The van der Waals surface area contributed by atoms with Crippen molar-refractivity contribution in [1.82, 2.24) is 9.13 Å². The van der Waals surface area contributed by atoms with Crippen molar-refractivity contribution in [3.05, 3.63) is 30.3 Å². The molecule has 0 N–H and O–H groups in total. The first-order valence-corrected chi connectivity index (χ1v) is 8.04. The molecule has 0 saturated carbocycles. The molecule has 0 aliphatic rings. The molecule has 17 heavy (non-hydrogen) atoms. The smallest absolute Gasteiger partial charge is 0.244 e. The van der Waals surface area contributed by atoms with Gasteiger partial charge in [0.1, 0.15) is 0 Å². The fourth-order valence-electron chi connectivity index (χ4n) is 3.36. The second-order valence-corrected chi connectivity index (χ2v) is 11.3. The Morgan fingerprint density at radius 2 is 1.24 bits per heavy atom. The third kappa shape index (κ3) is 2.32. The first-order chi connectivity index (χ1) is 7.74. The highest BCUT2D eigenvalue weighted by molar-refractivity contribution is 6.89. The summed E-state index contributed by atoms with van der Waals surface area (Å²) in [4.78, 5) is 0. The summed E-state index contributed by atoms with van der Waals surface area (Å²) in [5.41, 5.74) is 0. The van der Waals surface area contributed by atoms with E-state index in [1.165, 1.54) is 5.19 Å². The van der Waals surface area contributed by atoms with Gasteiger partial charge in [-0.1, -0.05) is 51.1 Å². The minimum Gasteiger partial charge on any atom is -0.313 e. The van der Waals surface area contributed by atoms with E-state index in [1.807, 2.05) is 0 Å². The van der Waals surface area contributed by atoms with E-state index < -0.39 is 8.40 Å². The molecule has 0 spiro atoms. The highest BCUT2D eigenvalue weighted by atomic mass is 28.4. The normalized spacial score (nSPS) is 13.5. The van der Waals surface area contributed by atoms with Gasteiger partial charge in [-0.3, -0.25) is 0 Å². The number of nitrogens with zero attached hydrogens (tertiary/aromatic N) is 2. The Hall–Kier alpha value is -0.643. The van der Waals surface area contributed by atoms with Crippen molar-refractivity contribution in [2.24, 2.45) is 0 Å². The van der Waals surface area contributed by atoms with Crippen molar-refractivity contribution in [3.8, 4) is 0 Å². The van der Waals surface area contributed by atoms with Crippen LogP contribution in [0.25, 0.3) is 0 Å². The van der Waals surface area contributed by atoms with Gasteiger partial charge < -0.3 is 9.13 Å². The summed E-state index contributed by atoms with van der Waals surface area (Å²) in [7, 11) is 6.99. The molecular weight excluding hydrogens is 224 g/mol. The Bertz CT molecular complexity index is 344. The Morgan fingerprint density at radius 1 is 0.824 bits per heavy atom. The molecule has 0 aliphatic heterocycles. The monoisotopic (exact) mass is 250 g/mol. The predicted octanol–water partition coefficient (Wildman–Crippen LogP) is 2.26. The van der Waals surface area contributed by atoms with Gasteiger partial charge in [-0.15, -0.1) is 0 Å². The van der Waals surface area contributed by atoms with Crippen LogP contribution < -0.4 is 5.19 Å². The molecule has 0 fully saturated rings. The maximum Gasteiger partial charge on any atom is 0.244 e. The van der Waals surface area contributed by atoms with Crippen LogP contribution in [0, 0.1) is 0 Å². The second-order valence-electron chi connectivity index (χ2n) is 6.08. The van der Waals surface area contributed by atoms with Gasteiger partial charge in [-0.05, 0) is 38.4 Å². The Kier molecular flexibility index (Phi) is 4.18. The highest BCUT2D eigenvalue weighted by Crippen LogP contribution is 2.38. The van der Waals surface area contributed by atoms with Crippen LogP contribution >= 0.6 is 0 Å². The lowest BCUT2D eigenvalue weighted by Crippen LogP contribution is -2.73. The third-order valence-electron chi connectivity index (χ3n) is 3.52. The Labute approximate surface area is 107 Å². The van der Waals surface area contributed by atoms with E-state index in [9.17, 15) is 0 Å². The summed E-state index contributed by atoms with van der Waals surface area (Å²) < 4.78 is 4.89. The molecule has 1 aromatic rings. The molecule has 0 saturated heterocycles. The molecule has 0 aliphatic carbocycles. The van der Waals surface area contributed by atoms with Crippen molar-refractivity contribution in [3.63, 3.8) is 0 Å². The number of hydrogen-bond donors (Lipinski definition) is 0. The first-order valence-electron chi connectivity index (χ1n) is 6.15. The molecule has 0 bridgehead atoms. The molecule has 1 rings (SSSR count). The molecule has 3 heteroatoms. The SMILES string of the molecule is CN(C)[Si](c1ccccc1)(N(C)C)C(C)(C)C. The summed E-state index contributed by atoms with van der Waals surface area (Å²) in [5.74, 6) is 0. The van der Waals surface area contributed by atoms with E-state index in [-0.39, 0.29) is 5.04 Å². The molecule has 0 aromatic heterocycles. The average Bonchev–Trinajstić information content (AvgIpc) is 2.16. The summed E-state index contributed by atoms with van der Waals surface area (Å²) in [5, 5.41) is 1.73. The third-order valence-corrected chi connectivity index (χ3v) is 9.34. The van der Waals surface area contributed by atoms with Crippen LogP contribution in [-0.2, 0) is 0 Å². The van der Waals surface area contributed by atoms with Gasteiger partial charge in [0.2, 0.25) is 8.40 Å². The van der Waals surface area contributed by atoms with E-state index in [0.29, 0.717) is 0 Å². The van der Waals surface area contributed by atoms with Crippen molar-refractivity contribution < 1.29 is 0 Å². The minimum atomic E-state index is -1.86. The zero-order valence-electron chi connectivity index (χ0n) is 12.3. The summed E-state index contributed by atoms with van der Waals surface area (Å²) in [6.07, 6.45) is 0. The van der Waals surface area contributed by atoms with Crippen LogP contribution in [0.4, 0.5) is 0 Å². The number of benzene rings is 1. The lowest BCUT2D eigenvalue weighted by molar-refractivity contribution is 0.441. The van der Waals surface area contributed by atoms with Crippen LogP contribution in [0.1, 0.15) is 20.8 Å². The van der Waals surface area contributed by atoms with Crippen LogP contribution in [0.5, 0.6) is 0 Å². The fraction of sp³-hybridized carbons (Fsp3) is 0.571. The largest absolute Gasteiger partial charge is 0.313 e. The second kappa shape index (κ2) is 4.92. The summed E-state index contributed by atoms with van der Waals surface area (Å²) in [6.45, 7) is 7.06. The van der Waals surface area contributed by atoms with Gasteiger partial charge in [-0.25, -0.2) is 0 Å². The van der Waals surface area contributed by atoms with E-state index in [0.717, 1.165) is 0 Å². The lowest BCUT2D eigenvalue weighted by atomic mass is 10.2. The number of hydrogen-bond acceptors (Lipinski definition) is 2. The molecule has 96 valence electrons. The molecule has 0 atom stereocenters. The Balaban J connectivity index is 3.48. The molecular formula is C14H26N2Si. The lowest BCUT2D eigenvalue weighted by Gasteiger charge is -2.51. The molecule has 0 heterocycles. The van der Waals surface area contributed by atoms with Crippen molar-refractivity contribution in [1.29, 1.82) is 0 Å². The zero-order chi connectivity index (χ0) is 13.3. The van der Waals surface area contributed by atoms with E-state index in [1.54, 1.807) is 0 Å². The maximum absolute atomic E-state index is 2.45. The van der Waals surface area contributed by atoms with Crippen molar-refractivity contribution in [2.45, 2.75) is 25.8 Å². The summed E-state index contributed by atoms with van der Waals surface area (Å²) in [6, 6.07) is 10.9. The van der Waals surface area contributed by atoms with Gasteiger partial charge in [-0.2, -0.15) is 0 Å². The quantitative estimate of drug-likeness (QED) is 0.759. The van der Waals surface area contributed by atoms with E-state index in [2.05, 4.69) is 88.4 Å². The fourth-order valence-corrected chi connectivity index (χ4v) is 9.40. The highest BCUT2D eigenvalue weighted by Gasteiger charge is 2.51. The standard InChI is InChI=1S/C14H26N2Si/c1-14(2,3)17(15(4)5,16(6)7)13-11-9-8-10-12-13/h8-12H,1-7H3. The van der Waals surface area contributed by atoms with Crippen LogP contribution in [0.2, 0.25) is 5.04 Å². The van der Waals surface area contributed by atoms with Crippen molar-refractivity contribution >= 4 is 13.6 Å². The van der Waals surface area contributed by atoms with Gasteiger partial charge >= 0.3 is 0 Å². The minimum absolute atomic E-state index is 0.251. The Morgan fingerprint density at radius 3 is 1.53 bits per heavy atom. The molecule has 0 unspecified atom stereocenters. The zero-order valence-corrected chi connectivity index (χ0v) is 13.3. The average molecular weight is 250 g/mol. The molecule has 1 aromatic carbocycles. The summed E-state index contributed by atoms with van der Waals surface area (Å²) >= 11 is 0.